The van der Waals surface area contributed by atoms with Crippen molar-refractivity contribution >= 4 is 58.2 Å². The van der Waals surface area contributed by atoms with Gasteiger partial charge >= 0.3 is 0 Å². The van der Waals surface area contributed by atoms with E-state index >= 15 is 0 Å². The first-order chi connectivity index (χ1) is 17.3. The lowest BCUT2D eigenvalue weighted by molar-refractivity contribution is -0.117. The molecule has 8 heteroatoms. The van der Waals surface area contributed by atoms with Crippen molar-refractivity contribution < 1.29 is 9.59 Å². The number of anilines is 2. The van der Waals surface area contributed by atoms with Crippen molar-refractivity contribution in [2.24, 2.45) is 0 Å². The van der Waals surface area contributed by atoms with Crippen molar-refractivity contribution in [3.63, 3.8) is 0 Å². The Balaban J connectivity index is 1.74. The van der Waals surface area contributed by atoms with Crippen LogP contribution in [0.3, 0.4) is 0 Å². The molecule has 1 fully saturated rings. The summed E-state index contributed by atoms with van der Waals surface area (Å²) in [6.07, 6.45) is 1.20. The monoisotopic (exact) mass is 535 g/mol. The van der Waals surface area contributed by atoms with Crippen LogP contribution in [0.15, 0.2) is 77.3 Å². The fourth-order valence-corrected chi connectivity index (χ4v) is 5.84. The first-order valence-corrected chi connectivity index (χ1v) is 13.0. The molecule has 1 N–H and O–H groups in total. The molecule has 1 atom stereocenters. The van der Waals surface area contributed by atoms with E-state index in [-0.39, 0.29) is 11.5 Å². The van der Waals surface area contributed by atoms with Crippen LogP contribution in [0.5, 0.6) is 0 Å². The molecule has 2 amide bonds. The van der Waals surface area contributed by atoms with Crippen LogP contribution in [0.2, 0.25) is 10.0 Å². The van der Waals surface area contributed by atoms with Crippen LogP contribution in [0.4, 0.5) is 11.4 Å². The molecule has 182 valence electrons. The van der Waals surface area contributed by atoms with Gasteiger partial charge in [0.2, 0.25) is 5.91 Å². The van der Waals surface area contributed by atoms with Crippen LogP contribution in [-0.2, 0) is 22.4 Å². The van der Waals surface area contributed by atoms with Crippen LogP contribution in [0.25, 0.3) is 0 Å². The molecule has 1 aliphatic heterocycles. The number of halogens is 2. The van der Waals surface area contributed by atoms with E-state index in [1.165, 1.54) is 16.7 Å². The Labute approximate surface area is 224 Å². The zero-order valence-electron chi connectivity index (χ0n) is 19.7. The molecule has 1 saturated heterocycles. The quantitative estimate of drug-likeness (QED) is 0.274. The van der Waals surface area contributed by atoms with E-state index in [9.17, 15) is 14.9 Å². The zero-order valence-corrected chi connectivity index (χ0v) is 22.0. The van der Waals surface area contributed by atoms with Gasteiger partial charge in [0.05, 0.1) is 5.25 Å². The molecule has 0 saturated carbocycles. The number of nitriles is 1. The molecule has 0 spiro atoms. The molecule has 0 bridgehead atoms. The Morgan fingerprint density at radius 2 is 1.75 bits per heavy atom. The van der Waals surface area contributed by atoms with E-state index in [0.29, 0.717) is 32.9 Å². The van der Waals surface area contributed by atoms with Gasteiger partial charge in [0.25, 0.3) is 5.91 Å². The van der Waals surface area contributed by atoms with E-state index < -0.39 is 11.2 Å². The third-order valence-corrected chi connectivity index (χ3v) is 7.43. The summed E-state index contributed by atoms with van der Waals surface area (Å²) >= 11 is 13.5. The van der Waals surface area contributed by atoms with Crippen LogP contribution in [0.1, 0.15) is 23.6 Å². The normalized spacial score (nSPS) is 16.6. The van der Waals surface area contributed by atoms with Gasteiger partial charge in [0, 0.05) is 21.4 Å². The van der Waals surface area contributed by atoms with Gasteiger partial charge in [-0.05, 0) is 78.9 Å². The Kier molecular flexibility index (Phi) is 8.05. The van der Waals surface area contributed by atoms with Crippen LogP contribution in [-0.4, -0.2) is 17.1 Å². The molecule has 0 radical (unpaired) electrons. The summed E-state index contributed by atoms with van der Waals surface area (Å²) in [6.45, 7) is 3.96. The van der Waals surface area contributed by atoms with E-state index in [1.54, 1.807) is 24.3 Å². The molecule has 3 aromatic rings. The zero-order chi connectivity index (χ0) is 25.8. The predicted octanol–water partition coefficient (Wildman–Crippen LogP) is 6.93. The second-order valence-corrected chi connectivity index (χ2v) is 10.5. The topological polar surface area (TPSA) is 73.2 Å². The maximum absolute atomic E-state index is 13.7. The fourth-order valence-electron chi connectivity index (χ4n) is 3.96. The van der Waals surface area contributed by atoms with Gasteiger partial charge in [0.15, 0.2) is 0 Å². The van der Waals surface area contributed by atoms with E-state index in [2.05, 4.69) is 5.32 Å². The summed E-state index contributed by atoms with van der Waals surface area (Å²) in [7, 11) is 0. The van der Waals surface area contributed by atoms with Crippen LogP contribution in [0, 0.1) is 18.3 Å². The predicted molar refractivity (Wildman–Crippen MR) is 147 cm³/mol. The molecule has 0 aliphatic carbocycles. The molecule has 1 unspecified atom stereocenters. The minimum Gasteiger partial charge on any atom is -0.321 e. The lowest BCUT2D eigenvalue weighted by Gasteiger charge is -2.19. The fraction of sp³-hybridized carbons (Fsp3) is 0.179. The number of carbonyl (C=O) groups excluding carboxylic acids is 2. The third-order valence-electron chi connectivity index (χ3n) is 5.73. The maximum Gasteiger partial charge on any atom is 0.269 e. The van der Waals surface area contributed by atoms with Gasteiger partial charge in [-0.15, -0.1) is 0 Å². The lowest BCUT2D eigenvalue weighted by atomic mass is 10.1. The van der Waals surface area contributed by atoms with Gasteiger partial charge in [-0.3, -0.25) is 14.5 Å². The summed E-state index contributed by atoms with van der Waals surface area (Å²) in [4.78, 5) is 28.3. The molecule has 1 heterocycles. The average Bonchev–Trinajstić information content (AvgIpc) is 3.14. The highest BCUT2D eigenvalue weighted by atomic mass is 35.5. The highest BCUT2D eigenvalue weighted by molar-refractivity contribution is 8.05. The SMILES string of the molecule is CCc1ccc(N2C(=O)C(Cc3cc(Cl)cc(Cl)c3)S/C2=C(/C#N)C(=O)Nc2cccc(C)c2)cc1. The molecule has 4 rings (SSSR count). The summed E-state index contributed by atoms with van der Waals surface area (Å²) in [5, 5.41) is 13.5. The second kappa shape index (κ2) is 11.2. The number of rotatable bonds is 6. The minimum absolute atomic E-state index is 0.124. The summed E-state index contributed by atoms with van der Waals surface area (Å²) in [5.74, 6) is -0.786. The number of aryl methyl sites for hydroxylation is 2. The van der Waals surface area contributed by atoms with Crippen molar-refractivity contribution in [2.45, 2.75) is 31.9 Å². The lowest BCUT2D eigenvalue weighted by Crippen LogP contribution is -2.31. The van der Waals surface area contributed by atoms with Gasteiger partial charge < -0.3 is 5.32 Å². The Hall–Kier alpha value is -3.24. The standard InChI is InChI=1S/C28H23Cl2N3O2S/c1-3-18-7-9-23(10-8-18)33-27(35)25(14-19-12-20(29)15-21(30)13-19)36-28(33)24(16-31)26(34)32-22-6-4-5-17(2)11-22/h4-13,15,25H,3,14H2,1-2H3,(H,32,34)/b28-24-. The molecule has 36 heavy (non-hydrogen) atoms. The molecular formula is C28H23Cl2N3O2S. The Morgan fingerprint density at radius 1 is 1.06 bits per heavy atom. The molecule has 5 nitrogen and oxygen atoms in total. The second-order valence-electron chi connectivity index (χ2n) is 8.40. The van der Waals surface area contributed by atoms with Gasteiger partial charge in [-0.25, -0.2) is 0 Å². The first kappa shape index (κ1) is 25.8. The number of carbonyl (C=O) groups is 2. The van der Waals surface area contributed by atoms with E-state index in [0.717, 1.165) is 23.1 Å². The van der Waals surface area contributed by atoms with Crippen LogP contribution < -0.4 is 10.2 Å². The van der Waals surface area contributed by atoms with Crippen molar-refractivity contribution in [3.8, 4) is 6.07 Å². The van der Waals surface area contributed by atoms with Crippen molar-refractivity contribution in [1.29, 1.82) is 5.26 Å². The average molecular weight is 536 g/mol. The van der Waals surface area contributed by atoms with Gasteiger partial charge in [0.1, 0.15) is 16.7 Å². The first-order valence-electron chi connectivity index (χ1n) is 11.4. The number of nitrogens with zero attached hydrogens (tertiary/aromatic N) is 2. The van der Waals surface area contributed by atoms with Gasteiger partial charge in [-0.1, -0.05) is 66.2 Å². The van der Waals surface area contributed by atoms with Crippen molar-refractivity contribution in [1.82, 2.24) is 0 Å². The number of nitrogens with one attached hydrogen (secondary N) is 1. The van der Waals surface area contributed by atoms with Crippen LogP contribution >= 0.6 is 35.0 Å². The van der Waals surface area contributed by atoms with Gasteiger partial charge in [-0.2, -0.15) is 5.26 Å². The number of thioether (sulfide) groups is 1. The van der Waals surface area contributed by atoms with E-state index in [4.69, 9.17) is 23.2 Å². The molecule has 1 aliphatic rings. The minimum atomic E-state index is -0.569. The number of hydrogen-bond donors (Lipinski definition) is 1. The summed E-state index contributed by atoms with van der Waals surface area (Å²) in [6, 6.07) is 22.1. The summed E-state index contributed by atoms with van der Waals surface area (Å²) < 4.78 is 0. The molecule has 3 aromatic carbocycles. The highest BCUT2D eigenvalue weighted by Crippen LogP contribution is 2.42. The smallest absolute Gasteiger partial charge is 0.269 e. The molecule has 0 aromatic heterocycles. The third kappa shape index (κ3) is 5.76. The van der Waals surface area contributed by atoms with E-state index in [1.807, 2.05) is 62.4 Å². The Bertz CT molecular complexity index is 1380. The largest absolute Gasteiger partial charge is 0.321 e. The highest BCUT2D eigenvalue weighted by Gasteiger charge is 2.41. The van der Waals surface area contributed by atoms with Crippen molar-refractivity contribution in [2.75, 3.05) is 10.2 Å². The molecular weight excluding hydrogens is 513 g/mol. The summed E-state index contributed by atoms with van der Waals surface area (Å²) in [5.41, 5.74) is 3.94. The Morgan fingerprint density at radius 3 is 2.36 bits per heavy atom. The number of hydrogen-bond acceptors (Lipinski definition) is 4. The van der Waals surface area contributed by atoms with Crippen molar-refractivity contribution in [3.05, 3.63) is 104 Å². The number of amides is 2. The maximum atomic E-state index is 13.7. The number of benzene rings is 3.